The molecule has 1 aromatic rings. The Hall–Kier alpha value is -0.810. The highest BCUT2D eigenvalue weighted by molar-refractivity contribution is 7.99. The van der Waals surface area contributed by atoms with Gasteiger partial charge in [0.15, 0.2) is 0 Å². The van der Waals surface area contributed by atoms with Gasteiger partial charge in [-0.3, -0.25) is 0 Å². The second kappa shape index (κ2) is 5.17. The SMILES string of the molecule is CCCSc1nc(C)nc(NN)c1C. The van der Waals surface area contributed by atoms with Crippen LogP contribution in [0.3, 0.4) is 0 Å². The summed E-state index contributed by atoms with van der Waals surface area (Å²) in [5, 5.41) is 1.02. The summed E-state index contributed by atoms with van der Waals surface area (Å²) in [5.41, 5.74) is 3.61. The highest BCUT2D eigenvalue weighted by Crippen LogP contribution is 2.24. The highest BCUT2D eigenvalue weighted by atomic mass is 32.2. The summed E-state index contributed by atoms with van der Waals surface area (Å²) in [7, 11) is 0. The minimum absolute atomic E-state index is 0.719. The predicted octanol–water partition coefficient (Wildman–Crippen LogP) is 1.88. The molecule has 0 aliphatic heterocycles. The Labute approximate surface area is 88.7 Å². The average molecular weight is 212 g/mol. The third-order valence-electron chi connectivity index (χ3n) is 1.79. The van der Waals surface area contributed by atoms with Crippen LogP contribution in [0.15, 0.2) is 5.03 Å². The lowest BCUT2D eigenvalue weighted by atomic mass is 10.3. The summed E-state index contributed by atoms with van der Waals surface area (Å²) in [6.45, 7) is 6.00. The van der Waals surface area contributed by atoms with Crippen LogP contribution in [-0.2, 0) is 0 Å². The van der Waals surface area contributed by atoms with Crippen molar-refractivity contribution in [1.29, 1.82) is 0 Å². The van der Waals surface area contributed by atoms with E-state index < -0.39 is 0 Å². The van der Waals surface area contributed by atoms with Crippen molar-refractivity contribution in [1.82, 2.24) is 9.97 Å². The molecule has 4 nitrogen and oxygen atoms in total. The third kappa shape index (κ3) is 2.59. The Bertz CT molecular complexity index is 314. The van der Waals surface area contributed by atoms with Gasteiger partial charge in [-0.25, -0.2) is 15.8 Å². The first kappa shape index (κ1) is 11.3. The van der Waals surface area contributed by atoms with Crippen LogP contribution in [0.4, 0.5) is 5.82 Å². The molecule has 5 heteroatoms. The van der Waals surface area contributed by atoms with E-state index in [1.54, 1.807) is 11.8 Å². The van der Waals surface area contributed by atoms with E-state index in [4.69, 9.17) is 5.84 Å². The van der Waals surface area contributed by atoms with Crippen molar-refractivity contribution in [3.63, 3.8) is 0 Å². The van der Waals surface area contributed by atoms with Gasteiger partial charge in [-0.15, -0.1) is 11.8 Å². The van der Waals surface area contributed by atoms with E-state index in [1.165, 1.54) is 0 Å². The molecule has 1 aromatic heterocycles. The van der Waals surface area contributed by atoms with Crippen molar-refractivity contribution in [3.8, 4) is 0 Å². The van der Waals surface area contributed by atoms with Gasteiger partial charge in [-0.1, -0.05) is 6.92 Å². The minimum Gasteiger partial charge on any atom is -0.308 e. The number of nitrogens with one attached hydrogen (secondary N) is 1. The first-order valence-electron chi connectivity index (χ1n) is 4.63. The summed E-state index contributed by atoms with van der Waals surface area (Å²) in [6, 6.07) is 0. The van der Waals surface area contributed by atoms with Gasteiger partial charge in [0.05, 0.1) is 0 Å². The zero-order chi connectivity index (χ0) is 10.6. The van der Waals surface area contributed by atoms with E-state index in [1.807, 2.05) is 13.8 Å². The maximum absolute atomic E-state index is 5.37. The molecule has 0 radical (unpaired) electrons. The Kier molecular flexibility index (Phi) is 4.16. The fraction of sp³-hybridized carbons (Fsp3) is 0.556. The molecule has 0 saturated heterocycles. The van der Waals surface area contributed by atoms with Crippen LogP contribution in [0, 0.1) is 13.8 Å². The third-order valence-corrected chi connectivity index (χ3v) is 3.08. The first-order valence-corrected chi connectivity index (χ1v) is 5.62. The molecular formula is C9H16N4S. The molecular weight excluding hydrogens is 196 g/mol. The van der Waals surface area contributed by atoms with E-state index in [9.17, 15) is 0 Å². The van der Waals surface area contributed by atoms with E-state index >= 15 is 0 Å². The standard InChI is InChI=1S/C9H16N4S/c1-4-5-14-9-6(2)8(13-10)11-7(3)12-9/h4-5,10H2,1-3H3,(H,11,12,13). The zero-order valence-corrected chi connectivity index (χ0v) is 9.61. The molecule has 0 spiro atoms. The maximum atomic E-state index is 5.37. The molecule has 0 bridgehead atoms. The molecule has 14 heavy (non-hydrogen) atoms. The number of hydrogen-bond acceptors (Lipinski definition) is 5. The topological polar surface area (TPSA) is 63.8 Å². The van der Waals surface area contributed by atoms with Gasteiger partial charge in [0, 0.05) is 5.56 Å². The monoisotopic (exact) mass is 212 g/mol. The molecule has 0 atom stereocenters. The quantitative estimate of drug-likeness (QED) is 0.345. The van der Waals surface area contributed by atoms with Gasteiger partial charge in [0.25, 0.3) is 0 Å². The summed E-state index contributed by atoms with van der Waals surface area (Å²) >= 11 is 1.74. The predicted molar refractivity (Wildman–Crippen MR) is 60.3 cm³/mol. The van der Waals surface area contributed by atoms with E-state index in [0.29, 0.717) is 0 Å². The molecule has 1 rings (SSSR count). The molecule has 0 aliphatic rings. The molecule has 0 aliphatic carbocycles. The minimum atomic E-state index is 0.719. The van der Waals surface area contributed by atoms with Crippen molar-refractivity contribution >= 4 is 17.6 Å². The number of aromatic nitrogens is 2. The van der Waals surface area contributed by atoms with Crippen LogP contribution in [0.25, 0.3) is 0 Å². The van der Waals surface area contributed by atoms with Crippen LogP contribution in [0.2, 0.25) is 0 Å². The maximum Gasteiger partial charge on any atom is 0.147 e. The smallest absolute Gasteiger partial charge is 0.147 e. The molecule has 1 heterocycles. The van der Waals surface area contributed by atoms with Crippen molar-refractivity contribution in [3.05, 3.63) is 11.4 Å². The number of hydrogen-bond donors (Lipinski definition) is 2. The summed E-state index contributed by atoms with van der Waals surface area (Å²) in [5.74, 6) is 7.91. The van der Waals surface area contributed by atoms with Crippen LogP contribution >= 0.6 is 11.8 Å². The number of aryl methyl sites for hydroxylation is 1. The van der Waals surface area contributed by atoms with Crippen molar-refractivity contribution < 1.29 is 0 Å². The Morgan fingerprint density at radius 1 is 1.36 bits per heavy atom. The van der Waals surface area contributed by atoms with Crippen LogP contribution in [0.1, 0.15) is 24.7 Å². The molecule has 3 N–H and O–H groups in total. The van der Waals surface area contributed by atoms with Gasteiger partial charge < -0.3 is 5.43 Å². The summed E-state index contributed by atoms with van der Waals surface area (Å²) < 4.78 is 0. The second-order valence-electron chi connectivity index (χ2n) is 3.04. The van der Waals surface area contributed by atoms with Gasteiger partial charge in [-0.05, 0) is 26.0 Å². The number of hydrazine groups is 1. The number of nitrogens with zero attached hydrogens (tertiary/aromatic N) is 2. The fourth-order valence-corrected chi connectivity index (χ4v) is 1.99. The molecule has 0 fully saturated rings. The lowest BCUT2D eigenvalue weighted by molar-refractivity contribution is 0.933. The van der Waals surface area contributed by atoms with E-state index in [2.05, 4.69) is 22.3 Å². The largest absolute Gasteiger partial charge is 0.308 e. The first-order chi connectivity index (χ1) is 6.69. The normalized spacial score (nSPS) is 10.3. The van der Waals surface area contributed by atoms with Gasteiger partial charge in [0.2, 0.25) is 0 Å². The number of rotatable bonds is 4. The lowest BCUT2D eigenvalue weighted by Gasteiger charge is -2.09. The Morgan fingerprint density at radius 3 is 2.64 bits per heavy atom. The number of thioether (sulfide) groups is 1. The summed E-state index contributed by atoms with van der Waals surface area (Å²) in [4.78, 5) is 8.57. The molecule has 78 valence electrons. The van der Waals surface area contributed by atoms with Crippen molar-refractivity contribution in [2.45, 2.75) is 32.2 Å². The van der Waals surface area contributed by atoms with Crippen LogP contribution in [0.5, 0.6) is 0 Å². The van der Waals surface area contributed by atoms with Crippen LogP contribution < -0.4 is 11.3 Å². The molecule has 0 aromatic carbocycles. The molecule has 0 amide bonds. The van der Waals surface area contributed by atoms with E-state index in [0.717, 1.165) is 34.4 Å². The highest BCUT2D eigenvalue weighted by Gasteiger charge is 2.07. The second-order valence-corrected chi connectivity index (χ2v) is 4.13. The Balaban J connectivity index is 2.96. The van der Waals surface area contributed by atoms with E-state index in [-0.39, 0.29) is 0 Å². The van der Waals surface area contributed by atoms with Crippen molar-refractivity contribution in [2.24, 2.45) is 5.84 Å². The number of nitrogens with two attached hydrogens (primary N) is 1. The number of nitrogen functional groups attached to an aromatic ring is 1. The molecule has 0 unspecified atom stereocenters. The summed E-state index contributed by atoms with van der Waals surface area (Å²) in [6.07, 6.45) is 1.14. The van der Waals surface area contributed by atoms with Crippen molar-refractivity contribution in [2.75, 3.05) is 11.2 Å². The van der Waals surface area contributed by atoms with Gasteiger partial charge in [-0.2, -0.15) is 0 Å². The van der Waals surface area contributed by atoms with Crippen LogP contribution in [-0.4, -0.2) is 15.7 Å². The zero-order valence-electron chi connectivity index (χ0n) is 8.79. The lowest BCUT2D eigenvalue weighted by Crippen LogP contribution is -2.12. The Morgan fingerprint density at radius 2 is 2.07 bits per heavy atom. The molecule has 0 saturated carbocycles. The number of anilines is 1. The average Bonchev–Trinajstić information content (AvgIpc) is 2.18. The fourth-order valence-electron chi connectivity index (χ4n) is 1.08. The van der Waals surface area contributed by atoms with Gasteiger partial charge in [0.1, 0.15) is 16.7 Å². The van der Waals surface area contributed by atoms with Gasteiger partial charge >= 0.3 is 0 Å².